The van der Waals surface area contributed by atoms with Crippen LogP contribution in [-0.4, -0.2) is 55.6 Å². The monoisotopic (exact) mass is 696 g/mol. The molecule has 0 unspecified atom stereocenters. The zero-order valence-electron chi connectivity index (χ0n) is 29.9. The average Bonchev–Trinajstić information content (AvgIpc) is 3.18. The van der Waals surface area contributed by atoms with Crippen LogP contribution in [0.15, 0.2) is 121 Å². The summed E-state index contributed by atoms with van der Waals surface area (Å²) in [7, 11) is 0. The second kappa shape index (κ2) is 23.2. The fourth-order valence-electron chi connectivity index (χ4n) is 6.36. The van der Waals surface area contributed by atoms with Gasteiger partial charge in [-0.1, -0.05) is 160 Å². The number of hydrogen-bond donors (Lipinski definition) is 1. The Balaban J connectivity index is 1.33. The van der Waals surface area contributed by atoms with Crippen molar-refractivity contribution in [1.29, 1.82) is 0 Å². The molecule has 7 nitrogen and oxygen atoms in total. The first kappa shape index (κ1) is 38.8. The zero-order chi connectivity index (χ0) is 35.2. The molecule has 1 fully saturated rings. The Morgan fingerprint density at radius 2 is 0.843 bits per heavy atom. The predicted octanol–water partition coefficient (Wildman–Crippen LogP) is 8.81. The van der Waals surface area contributed by atoms with Crippen LogP contribution in [-0.2, 0) is 54.8 Å². The Hall–Kier alpha value is -3.40. The maximum Gasteiger partial charge on any atom is 0.186 e. The first-order valence-electron chi connectivity index (χ1n) is 18.8. The van der Waals surface area contributed by atoms with Gasteiger partial charge in [0, 0.05) is 13.2 Å². The number of aliphatic hydroxyl groups excluding tert-OH is 1. The molecule has 1 saturated heterocycles. The Bertz CT molecular complexity index is 1420. The van der Waals surface area contributed by atoms with Gasteiger partial charge in [-0.2, -0.15) is 0 Å². The van der Waals surface area contributed by atoms with Gasteiger partial charge in [0.05, 0.1) is 33.0 Å². The van der Waals surface area contributed by atoms with Crippen LogP contribution < -0.4 is 0 Å². The maximum atomic E-state index is 9.02. The molecule has 0 radical (unpaired) electrons. The van der Waals surface area contributed by atoms with Gasteiger partial charge in [-0.25, -0.2) is 0 Å². The Labute approximate surface area is 304 Å². The summed E-state index contributed by atoms with van der Waals surface area (Å²) in [5.74, 6) is 0. The van der Waals surface area contributed by atoms with Crippen LogP contribution in [0.4, 0.5) is 0 Å². The number of hydrogen-bond acceptors (Lipinski definition) is 7. The molecule has 1 heterocycles. The third-order valence-corrected chi connectivity index (χ3v) is 9.18. The summed E-state index contributed by atoms with van der Waals surface area (Å²) in [6.07, 6.45) is 6.09. The predicted molar refractivity (Wildman–Crippen MR) is 200 cm³/mol. The molecule has 1 N–H and O–H groups in total. The highest BCUT2D eigenvalue weighted by molar-refractivity contribution is 5.16. The van der Waals surface area contributed by atoms with E-state index in [0.717, 1.165) is 54.4 Å². The average molecular weight is 697 g/mol. The van der Waals surface area contributed by atoms with Crippen LogP contribution in [0, 0.1) is 0 Å². The molecule has 0 amide bonds. The second-order valence-electron chi connectivity index (χ2n) is 13.3. The topological polar surface area (TPSA) is 75.6 Å². The first-order valence-corrected chi connectivity index (χ1v) is 18.8. The van der Waals surface area contributed by atoms with Crippen LogP contribution in [0.3, 0.4) is 0 Å². The molecule has 0 aliphatic carbocycles. The van der Waals surface area contributed by atoms with E-state index in [2.05, 4.69) is 48.5 Å². The lowest BCUT2D eigenvalue weighted by Crippen LogP contribution is -2.61. The normalized spacial score (nSPS) is 20.4. The fraction of sp³-hybridized carbons (Fsp3) is 0.455. The fourth-order valence-corrected chi connectivity index (χ4v) is 6.36. The molecular weight excluding hydrogens is 640 g/mol. The van der Waals surface area contributed by atoms with Gasteiger partial charge in [0.25, 0.3) is 0 Å². The van der Waals surface area contributed by atoms with Crippen molar-refractivity contribution >= 4 is 0 Å². The Morgan fingerprint density at radius 3 is 1.33 bits per heavy atom. The van der Waals surface area contributed by atoms with Gasteiger partial charge >= 0.3 is 0 Å². The van der Waals surface area contributed by atoms with Crippen molar-refractivity contribution in [1.82, 2.24) is 0 Å². The quantitative estimate of drug-likeness (QED) is 0.0734. The summed E-state index contributed by atoms with van der Waals surface area (Å²) < 4.78 is 39.9. The van der Waals surface area contributed by atoms with Crippen molar-refractivity contribution in [2.75, 3.05) is 19.8 Å². The third-order valence-electron chi connectivity index (χ3n) is 9.18. The molecule has 7 heteroatoms. The lowest BCUT2D eigenvalue weighted by Gasteiger charge is -2.46. The van der Waals surface area contributed by atoms with Gasteiger partial charge in [-0.3, -0.25) is 0 Å². The van der Waals surface area contributed by atoms with Crippen LogP contribution in [0.2, 0.25) is 0 Å². The lowest BCUT2D eigenvalue weighted by atomic mass is 9.97. The minimum atomic E-state index is -0.671. The number of unbranched alkanes of at least 4 members (excludes halogenated alkanes) is 7. The highest BCUT2D eigenvalue weighted by Gasteiger charge is 2.49. The van der Waals surface area contributed by atoms with Crippen molar-refractivity contribution < 1.29 is 33.5 Å². The summed E-state index contributed by atoms with van der Waals surface area (Å²) in [5.41, 5.74) is 4.29. The van der Waals surface area contributed by atoms with Gasteiger partial charge in [0.2, 0.25) is 0 Å². The standard InChI is InChI=1S/C44H56O7/c45-29-19-5-3-1-2-4-6-20-30-47-44-43(50-34-39-27-17-10-18-28-39)42(49-33-38-25-15-9-16-26-38)41(48-32-37-23-13-8-14-24-37)40(51-44)35-46-31-36-21-11-7-12-22-36/h7-18,21-28,40-45H,1-6,19-20,29-35H2/t40-,41-,42+,43+,44-/m1/s1. The van der Waals surface area contributed by atoms with Gasteiger partial charge in [-0.15, -0.1) is 0 Å². The smallest absolute Gasteiger partial charge is 0.186 e. The largest absolute Gasteiger partial charge is 0.396 e. The van der Waals surface area contributed by atoms with Crippen molar-refractivity contribution in [2.45, 2.75) is 108 Å². The van der Waals surface area contributed by atoms with E-state index in [9.17, 15) is 0 Å². The third kappa shape index (κ3) is 13.9. The molecule has 4 aromatic carbocycles. The minimum absolute atomic E-state index is 0.286. The summed E-state index contributed by atoms with van der Waals surface area (Å²) in [6, 6.07) is 40.7. The summed E-state index contributed by atoms with van der Waals surface area (Å²) >= 11 is 0. The van der Waals surface area contributed by atoms with Crippen LogP contribution in [0.5, 0.6) is 0 Å². The molecule has 0 aromatic heterocycles. The number of ether oxygens (including phenoxy) is 6. The van der Waals surface area contributed by atoms with Gasteiger partial charge in [-0.05, 0) is 35.1 Å². The molecular formula is C44H56O7. The molecule has 5 atom stereocenters. The Kier molecular flexibility index (Phi) is 17.7. The molecule has 1 aliphatic rings. The summed E-state index contributed by atoms with van der Waals surface area (Å²) in [4.78, 5) is 0. The Morgan fingerprint density at radius 1 is 0.431 bits per heavy atom. The summed E-state index contributed by atoms with van der Waals surface area (Å²) in [5, 5.41) is 9.02. The maximum absolute atomic E-state index is 9.02. The van der Waals surface area contributed by atoms with E-state index in [0.29, 0.717) is 39.6 Å². The SMILES string of the molecule is OCCCCCCCCCCO[C@@H]1O[C@H](COCc2ccccc2)[C@@H](OCc2ccccc2)[C@H](OCc2ccccc2)[C@@H]1OCc1ccccc1. The van der Waals surface area contributed by atoms with Gasteiger partial charge < -0.3 is 33.5 Å². The van der Waals surface area contributed by atoms with Crippen molar-refractivity contribution in [3.05, 3.63) is 144 Å². The van der Waals surface area contributed by atoms with E-state index < -0.39 is 30.7 Å². The number of rotatable bonds is 24. The van der Waals surface area contributed by atoms with Crippen molar-refractivity contribution in [3.8, 4) is 0 Å². The van der Waals surface area contributed by atoms with E-state index in [-0.39, 0.29) is 6.61 Å². The number of benzene rings is 4. The van der Waals surface area contributed by atoms with E-state index in [1.807, 2.05) is 72.8 Å². The molecule has 51 heavy (non-hydrogen) atoms. The van der Waals surface area contributed by atoms with E-state index >= 15 is 0 Å². The van der Waals surface area contributed by atoms with Crippen LogP contribution in [0.25, 0.3) is 0 Å². The van der Waals surface area contributed by atoms with E-state index in [1.165, 1.54) is 19.3 Å². The number of aliphatic hydroxyl groups is 1. The highest BCUT2D eigenvalue weighted by atomic mass is 16.7. The van der Waals surface area contributed by atoms with Crippen molar-refractivity contribution in [3.63, 3.8) is 0 Å². The van der Waals surface area contributed by atoms with E-state index in [1.54, 1.807) is 0 Å². The molecule has 0 saturated carbocycles. The second-order valence-corrected chi connectivity index (χ2v) is 13.3. The van der Waals surface area contributed by atoms with Gasteiger partial charge in [0.15, 0.2) is 6.29 Å². The van der Waals surface area contributed by atoms with Crippen LogP contribution in [0.1, 0.15) is 73.6 Å². The minimum Gasteiger partial charge on any atom is -0.396 e. The first-order chi connectivity index (χ1) is 25.3. The zero-order valence-corrected chi connectivity index (χ0v) is 29.9. The van der Waals surface area contributed by atoms with E-state index in [4.69, 9.17) is 33.5 Å². The molecule has 274 valence electrons. The molecule has 5 rings (SSSR count). The molecule has 0 spiro atoms. The molecule has 1 aliphatic heterocycles. The lowest BCUT2D eigenvalue weighted by molar-refractivity contribution is -0.328. The summed E-state index contributed by atoms with van der Waals surface area (Å²) in [6.45, 7) is 2.78. The molecule has 4 aromatic rings. The molecule has 0 bridgehead atoms. The highest BCUT2D eigenvalue weighted by Crippen LogP contribution is 2.32. The van der Waals surface area contributed by atoms with Crippen molar-refractivity contribution in [2.24, 2.45) is 0 Å². The van der Waals surface area contributed by atoms with Gasteiger partial charge in [0.1, 0.15) is 24.4 Å². The van der Waals surface area contributed by atoms with Crippen LogP contribution >= 0.6 is 0 Å².